The molecule has 1 amide bonds. The van der Waals surface area contributed by atoms with Crippen molar-refractivity contribution in [2.45, 2.75) is 26.8 Å². The Balaban J connectivity index is 1.69. The topological polar surface area (TPSA) is 67.6 Å². The van der Waals surface area contributed by atoms with Gasteiger partial charge in [-0.15, -0.1) is 0 Å². The maximum atomic E-state index is 12.5. The molecule has 6 nitrogen and oxygen atoms in total. The summed E-state index contributed by atoms with van der Waals surface area (Å²) in [6, 6.07) is 5.27. The van der Waals surface area contributed by atoms with Gasteiger partial charge in [-0.2, -0.15) is 0 Å². The van der Waals surface area contributed by atoms with E-state index in [2.05, 4.69) is 10.5 Å². The number of halogens is 1. The number of hydrogen-bond donors (Lipinski definition) is 1. The summed E-state index contributed by atoms with van der Waals surface area (Å²) in [7, 11) is 0. The SMILES string of the molecule is Cc1noc(C)c1[C@H](C)NC(=O)CN1CCOc2ccc(Cl)cc21. The number of aromatic nitrogens is 1. The molecule has 1 N–H and O–H groups in total. The van der Waals surface area contributed by atoms with E-state index < -0.39 is 0 Å². The lowest BCUT2D eigenvalue weighted by Crippen LogP contribution is -2.42. The third-order valence-corrected chi connectivity index (χ3v) is 4.35. The van der Waals surface area contributed by atoms with Crippen molar-refractivity contribution in [3.05, 3.63) is 40.2 Å². The highest BCUT2D eigenvalue weighted by Crippen LogP contribution is 2.33. The number of fused-ring (bicyclic) bond motifs is 1. The van der Waals surface area contributed by atoms with E-state index in [1.165, 1.54) is 0 Å². The first-order valence-corrected chi connectivity index (χ1v) is 8.23. The highest BCUT2D eigenvalue weighted by molar-refractivity contribution is 6.31. The maximum absolute atomic E-state index is 12.5. The van der Waals surface area contributed by atoms with Crippen molar-refractivity contribution in [1.82, 2.24) is 10.5 Å². The molecule has 1 aromatic carbocycles. The number of carbonyl (C=O) groups is 1. The van der Waals surface area contributed by atoms with Gasteiger partial charge in [0.15, 0.2) is 0 Å². The summed E-state index contributed by atoms with van der Waals surface area (Å²) in [4.78, 5) is 14.4. The van der Waals surface area contributed by atoms with Gasteiger partial charge in [-0.25, -0.2) is 0 Å². The van der Waals surface area contributed by atoms with Crippen LogP contribution in [0.3, 0.4) is 0 Å². The van der Waals surface area contributed by atoms with Crippen molar-refractivity contribution in [3.63, 3.8) is 0 Å². The monoisotopic (exact) mass is 349 g/mol. The Morgan fingerprint density at radius 1 is 1.46 bits per heavy atom. The second-order valence-electron chi connectivity index (χ2n) is 5.91. The molecule has 2 heterocycles. The third-order valence-electron chi connectivity index (χ3n) is 4.11. The quantitative estimate of drug-likeness (QED) is 0.919. The number of nitrogens with zero attached hydrogens (tertiary/aromatic N) is 2. The molecule has 24 heavy (non-hydrogen) atoms. The van der Waals surface area contributed by atoms with E-state index in [1.54, 1.807) is 6.07 Å². The summed E-state index contributed by atoms with van der Waals surface area (Å²) >= 11 is 6.07. The van der Waals surface area contributed by atoms with Gasteiger partial charge in [0, 0.05) is 10.6 Å². The predicted octanol–water partition coefficient (Wildman–Crippen LogP) is 3.02. The number of nitrogens with one attached hydrogen (secondary N) is 1. The Labute approximate surface area is 145 Å². The minimum Gasteiger partial charge on any atom is -0.490 e. The fraction of sp³-hybridized carbons (Fsp3) is 0.412. The van der Waals surface area contributed by atoms with Crippen molar-refractivity contribution >= 4 is 23.2 Å². The Bertz CT molecular complexity index is 740. The van der Waals surface area contributed by atoms with Gasteiger partial charge in [0.05, 0.1) is 30.5 Å². The molecule has 128 valence electrons. The second-order valence-corrected chi connectivity index (χ2v) is 6.35. The van der Waals surface area contributed by atoms with Crippen LogP contribution >= 0.6 is 11.6 Å². The summed E-state index contributed by atoms with van der Waals surface area (Å²) in [5.41, 5.74) is 2.56. The standard InChI is InChI=1S/C17H20ClN3O3/c1-10(17-11(2)20-24-12(17)3)19-16(22)9-21-6-7-23-15-5-4-13(18)8-14(15)21/h4-5,8,10H,6-7,9H2,1-3H3,(H,19,22)/t10-/m0/s1. The first-order chi connectivity index (χ1) is 11.5. The fourth-order valence-electron chi connectivity index (χ4n) is 3.05. The summed E-state index contributed by atoms with van der Waals surface area (Å²) < 4.78 is 10.8. The molecule has 0 radical (unpaired) electrons. The smallest absolute Gasteiger partial charge is 0.239 e. The van der Waals surface area contributed by atoms with Gasteiger partial charge < -0.3 is 19.5 Å². The number of aryl methyl sites for hydroxylation is 2. The van der Waals surface area contributed by atoms with Gasteiger partial charge in [-0.3, -0.25) is 4.79 Å². The van der Waals surface area contributed by atoms with Crippen LogP contribution in [0.5, 0.6) is 5.75 Å². The normalized spacial score (nSPS) is 14.8. The molecule has 0 saturated heterocycles. The van der Waals surface area contributed by atoms with Crippen molar-refractivity contribution in [2.24, 2.45) is 0 Å². The lowest BCUT2D eigenvalue weighted by molar-refractivity contribution is -0.120. The minimum atomic E-state index is -0.163. The average molecular weight is 350 g/mol. The summed E-state index contributed by atoms with van der Waals surface area (Å²) in [5, 5.41) is 7.55. The Kier molecular flexibility index (Phi) is 4.66. The van der Waals surface area contributed by atoms with Crippen LogP contribution in [-0.4, -0.2) is 30.8 Å². The van der Waals surface area contributed by atoms with Crippen LogP contribution in [0.2, 0.25) is 5.02 Å². The maximum Gasteiger partial charge on any atom is 0.239 e. The van der Waals surface area contributed by atoms with Gasteiger partial charge in [0.1, 0.15) is 18.1 Å². The molecular formula is C17H20ClN3O3. The van der Waals surface area contributed by atoms with Crippen molar-refractivity contribution in [2.75, 3.05) is 24.6 Å². The van der Waals surface area contributed by atoms with E-state index in [0.717, 1.165) is 28.5 Å². The average Bonchev–Trinajstić information content (AvgIpc) is 2.86. The Hall–Kier alpha value is -2.21. The van der Waals surface area contributed by atoms with Crippen LogP contribution in [0.4, 0.5) is 5.69 Å². The fourth-order valence-corrected chi connectivity index (χ4v) is 3.22. The van der Waals surface area contributed by atoms with E-state index in [-0.39, 0.29) is 18.5 Å². The van der Waals surface area contributed by atoms with Crippen LogP contribution in [0, 0.1) is 13.8 Å². The molecule has 0 bridgehead atoms. The zero-order valence-electron chi connectivity index (χ0n) is 13.9. The van der Waals surface area contributed by atoms with E-state index in [4.69, 9.17) is 20.9 Å². The van der Waals surface area contributed by atoms with E-state index >= 15 is 0 Å². The van der Waals surface area contributed by atoms with Gasteiger partial charge in [0.25, 0.3) is 0 Å². The highest BCUT2D eigenvalue weighted by Gasteiger charge is 2.23. The first-order valence-electron chi connectivity index (χ1n) is 7.85. The van der Waals surface area contributed by atoms with Crippen LogP contribution in [0.1, 0.15) is 30.0 Å². The van der Waals surface area contributed by atoms with Crippen molar-refractivity contribution < 1.29 is 14.1 Å². The molecule has 7 heteroatoms. The molecule has 0 spiro atoms. The second kappa shape index (κ2) is 6.73. The Morgan fingerprint density at radius 2 is 2.25 bits per heavy atom. The molecule has 0 unspecified atom stereocenters. The molecule has 1 aromatic heterocycles. The number of carbonyl (C=O) groups excluding carboxylic acids is 1. The molecular weight excluding hydrogens is 330 g/mol. The molecule has 1 atom stereocenters. The predicted molar refractivity (Wildman–Crippen MR) is 91.7 cm³/mol. The van der Waals surface area contributed by atoms with E-state index in [9.17, 15) is 4.79 Å². The lowest BCUT2D eigenvalue weighted by atomic mass is 10.1. The zero-order chi connectivity index (χ0) is 17.3. The molecule has 2 aromatic rings. The molecule has 3 rings (SSSR count). The number of hydrogen-bond acceptors (Lipinski definition) is 5. The Morgan fingerprint density at radius 3 is 2.96 bits per heavy atom. The summed E-state index contributed by atoms with van der Waals surface area (Å²) in [5.74, 6) is 1.40. The van der Waals surface area contributed by atoms with Gasteiger partial charge in [-0.05, 0) is 39.0 Å². The number of anilines is 1. The molecule has 0 saturated carbocycles. The zero-order valence-corrected chi connectivity index (χ0v) is 14.7. The lowest BCUT2D eigenvalue weighted by Gasteiger charge is -2.31. The van der Waals surface area contributed by atoms with Crippen LogP contribution < -0.4 is 15.0 Å². The van der Waals surface area contributed by atoms with Crippen molar-refractivity contribution in [1.29, 1.82) is 0 Å². The number of benzene rings is 1. The van der Waals surface area contributed by atoms with Crippen LogP contribution in [-0.2, 0) is 4.79 Å². The van der Waals surface area contributed by atoms with E-state index in [0.29, 0.717) is 18.2 Å². The van der Waals surface area contributed by atoms with Gasteiger partial charge >= 0.3 is 0 Å². The van der Waals surface area contributed by atoms with Crippen LogP contribution in [0.25, 0.3) is 0 Å². The highest BCUT2D eigenvalue weighted by atomic mass is 35.5. The number of amides is 1. The number of rotatable bonds is 4. The molecule has 1 aliphatic rings. The first kappa shape index (κ1) is 16.6. The summed E-state index contributed by atoms with van der Waals surface area (Å²) in [6.07, 6.45) is 0. The minimum absolute atomic E-state index is 0.0738. The van der Waals surface area contributed by atoms with Gasteiger partial charge in [0.2, 0.25) is 5.91 Å². The largest absolute Gasteiger partial charge is 0.490 e. The van der Waals surface area contributed by atoms with Gasteiger partial charge in [-0.1, -0.05) is 16.8 Å². The molecule has 0 fully saturated rings. The van der Waals surface area contributed by atoms with Crippen LogP contribution in [0.15, 0.2) is 22.7 Å². The molecule has 0 aliphatic carbocycles. The molecule has 1 aliphatic heterocycles. The number of ether oxygens (including phenoxy) is 1. The van der Waals surface area contributed by atoms with E-state index in [1.807, 2.05) is 37.8 Å². The summed E-state index contributed by atoms with van der Waals surface area (Å²) in [6.45, 7) is 7.06. The third kappa shape index (κ3) is 3.33. The van der Waals surface area contributed by atoms with Crippen molar-refractivity contribution in [3.8, 4) is 5.75 Å².